The molecule has 0 bridgehead atoms. The molecule has 0 saturated carbocycles. The smallest absolute Gasteiger partial charge is 0.352 e. The first-order chi connectivity index (χ1) is 7.11. The van der Waals surface area contributed by atoms with Crippen molar-refractivity contribution in [3.05, 3.63) is 58.0 Å². The van der Waals surface area contributed by atoms with Gasteiger partial charge in [0.15, 0.2) is 0 Å². The highest BCUT2D eigenvalue weighted by Gasteiger charge is 2.31. The largest absolute Gasteiger partial charge is 0.501 e. The van der Waals surface area contributed by atoms with Crippen molar-refractivity contribution in [2.75, 3.05) is 0 Å². The molecular weight excluding hydrogens is 198 g/mol. The van der Waals surface area contributed by atoms with E-state index in [0.717, 1.165) is 0 Å². The minimum absolute atomic E-state index is 0.156. The third-order valence-corrected chi connectivity index (χ3v) is 2.05. The van der Waals surface area contributed by atoms with Crippen molar-refractivity contribution in [1.29, 1.82) is 0 Å². The molecule has 2 rings (SSSR count). The van der Waals surface area contributed by atoms with E-state index in [0.29, 0.717) is 11.3 Å². The molecule has 1 aromatic carbocycles. The molecular formula is C10H7NO4. The standard InChI is InChI=1S/C10H7NO4/c1-6-9(11(13)14)10(12)7-4-2-3-5-8(7)15-6/h2-5,12H,1H2. The van der Waals surface area contributed by atoms with Crippen LogP contribution in [-0.2, 0) is 0 Å². The van der Waals surface area contributed by atoms with Gasteiger partial charge in [-0.1, -0.05) is 12.1 Å². The van der Waals surface area contributed by atoms with E-state index in [2.05, 4.69) is 6.58 Å². The van der Waals surface area contributed by atoms with Crippen molar-refractivity contribution < 1.29 is 14.8 Å². The lowest BCUT2D eigenvalue weighted by molar-refractivity contribution is -0.423. The van der Waals surface area contributed by atoms with E-state index in [4.69, 9.17) is 4.74 Å². The van der Waals surface area contributed by atoms with Gasteiger partial charge in [0.25, 0.3) is 0 Å². The zero-order valence-electron chi connectivity index (χ0n) is 7.64. The Balaban J connectivity index is 2.67. The van der Waals surface area contributed by atoms with Gasteiger partial charge in [0.2, 0.25) is 11.5 Å². The predicted octanol–water partition coefficient (Wildman–Crippen LogP) is 2.10. The normalized spacial score (nSPS) is 14.5. The number of nitro groups is 1. The molecule has 0 saturated heterocycles. The summed E-state index contributed by atoms with van der Waals surface area (Å²) < 4.78 is 5.12. The zero-order chi connectivity index (χ0) is 11.0. The van der Waals surface area contributed by atoms with Crippen molar-refractivity contribution in [3.8, 4) is 5.75 Å². The second-order valence-electron chi connectivity index (χ2n) is 2.98. The Bertz CT molecular complexity index is 490. The first-order valence-corrected chi connectivity index (χ1v) is 4.15. The summed E-state index contributed by atoms with van der Waals surface area (Å²) in [5, 5.41) is 20.3. The van der Waals surface area contributed by atoms with E-state index in [1.54, 1.807) is 24.3 Å². The van der Waals surface area contributed by atoms with Gasteiger partial charge in [-0.2, -0.15) is 0 Å². The monoisotopic (exact) mass is 205 g/mol. The van der Waals surface area contributed by atoms with Crippen LogP contribution in [0, 0.1) is 10.1 Å². The van der Waals surface area contributed by atoms with Gasteiger partial charge in [0, 0.05) is 0 Å². The van der Waals surface area contributed by atoms with Crippen molar-refractivity contribution in [3.63, 3.8) is 0 Å². The number of hydrogen-bond acceptors (Lipinski definition) is 4. The summed E-state index contributed by atoms with van der Waals surface area (Å²) in [6, 6.07) is 6.51. The van der Waals surface area contributed by atoms with Gasteiger partial charge in [-0.3, -0.25) is 10.1 Å². The topological polar surface area (TPSA) is 72.6 Å². The van der Waals surface area contributed by atoms with E-state index >= 15 is 0 Å². The van der Waals surface area contributed by atoms with E-state index in [1.807, 2.05) is 0 Å². The van der Waals surface area contributed by atoms with Crippen molar-refractivity contribution in [1.82, 2.24) is 0 Å². The van der Waals surface area contributed by atoms with Gasteiger partial charge < -0.3 is 9.84 Å². The fourth-order valence-corrected chi connectivity index (χ4v) is 1.38. The van der Waals surface area contributed by atoms with Crippen molar-refractivity contribution in [2.45, 2.75) is 0 Å². The molecule has 76 valence electrons. The van der Waals surface area contributed by atoms with Gasteiger partial charge in [-0.05, 0) is 18.7 Å². The first kappa shape index (κ1) is 9.26. The third-order valence-electron chi connectivity index (χ3n) is 2.05. The summed E-state index contributed by atoms with van der Waals surface area (Å²) in [7, 11) is 0. The van der Waals surface area contributed by atoms with Crippen LogP contribution in [0.1, 0.15) is 5.56 Å². The number of ether oxygens (including phenoxy) is 1. The number of benzene rings is 1. The molecule has 1 heterocycles. The molecule has 0 atom stereocenters. The highest BCUT2D eigenvalue weighted by molar-refractivity contribution is 5.71. The van der Waals surface area contributed by atoms with E-state index in [-0.39, 0.29) is 5.76 Å². The van der Waals surface area contributed by atoms with Crippen LogP contribution < -0.4 is 4.74 Å². The summed E-state index contributed by atoms with van der Waals surface area (Å²) in [5.74, 6) is -0.200. The summed E-state index contributed by atoms with van der Waals surface area (Å²) in [6.07, 6.45) is 0. The number of aliphatic hydroxyl groups excluding tert-OH is 1. The SMILES string of the molecule is C=C1Oc2ccccc2C(O)=C1[N+](=O)[O-]. The Morgan fingerprint density at radius 3 is 2.73 bits per heavy atom. The molecule has 0 aromatic heterocycles. The van der Waals surface area contributed by atoms with Crippen LogP contribution in [0.15, 0.2) is 42.3 Å². The summed E-state index contributed by atoms with van der Waals surface area (Å²) in [4.78, 5) is 9.92. The molecule has 0 unspecified atom stereocenters. The molecule has 0 radical (unpaired) electrons. The number of nitrogens with zero attached hydrogens (tertiary/aromatic N) is 1. The molecule has 1 N–H and O–H groups in total. The molecule has 1 aliphatic heterocycles. The molecule has 5 heteroatoms. The lowest BCUT2D eigenvalue weighted by Crippen LogP contribution is -2.14. The average molecular weight is 205 g/mol. The number of hydrogen-bond donors (Lipinski definition) is 1. The number of rotatable bonds is 1. The lowest BCUT2D eigenvalue weighted by Gasteiger charge is -2.16. The summed E-state index contributed by atoms with van der Waals surface area (Å²) in [5.41, 5.74) is -0.190. The molecule has 0 fully saturated rings. The summed E-state index contributed by atoms with van der Waals surface area (Å²) >= 11 is 0. The molecule has 0 amide bonds. The highest BCUT2D eigenvalue weighted by atomic mass is 16.6. The molecule has 0 spiro atoms. The minimum atomic E-state index is -0.715. The fraction of sp³-hybridized carbons (Fsp3) is 0. The molecule has 0 aliphatic carbocycles. The van der Waals surface area contributed by atoms with Crippen LogP contribution >= 0.6 is 0 Å². The Hall–Kier alpha value is -2.30. The van der Waals surface area contributed by atoms with Crippen LogP contribution in [0.5, 0.6) is 5.75 Å². The Labute approximate surface area is 85.1 Å². The third kappa shape index (κ3) is 1.34. The van der Waals surface area contributed by atoms with Gasteiger partial charge in [0.05, 0.1) is 10.5 Å². The highest BCUT2D eigenvalue weighted by Crippen LogP contribution is 2.35. The molecule has 15 heavy (non-hydrogen) atoms. The number of aliphatic hydroxyl groups is 1. The Morgan fingerprint density at radius 1 is 1.40 bits per heavy atom. The first-order valence-electron chi connectivity index (χ1n) is 4.15. The van der Waals surface area contributed by atoms with E-state index < -0.39 is 16.4 Å². The maximum absolute atomic E-state index is 10.6. The second kappa shape index (κ2) is 3.13. The Kier molecular flexibility index (Phi) is 1.93. The fourth-order valence-electron chi connectivity index (χ4n) is 1.38. The van der Waals surface area contributed by atoms with Gasteiger partial charge in [-0.15, -0.1) is 0 Å². The summed E-state index contributed by atoms with van der Waals surface area (Å²) in [6.45, 7) is 3.38. The second-order valence-corrected chi connectivity index (χ2v) is 2.98. The minimum Gasteiger partial charge on any atom is -0.501 e. The average Bonchev–Trinajstić information content (AvgIpc) is 2.17. The van der Waals surface area contributed by atoms with Gasteiger partial charge >= 0.3 is 5.70 Å². The van der Waals surface area contributed by atoms with Crippen molar-refractivity contribution >= 4 is 5.76 Å². The Morgan fingerprint density at radius 2 is 2.07 bits per heavy atom. The van der Waals surface area contributed by atoms with E-state index in [1.165, 1.54) is 0 Å². The number of fused-ring (bicyclic) bond motifs is 1. The molecule has 1 aliphatic rings. The van der Waals surface area contributed by atoms with Crippen molar-refractivity contribution in [2.24, 2.45) is 0 Å². The maximum Gasteiger partial charge on any atom is 0.352 e. The number of para-hydroxylation sites is 1. The van der Waals surface area contributed by atoms with Gasteiger partial charge in [0.1, 0.15) is 5.75 Å². The van der Waals surface area contributed by atoms with Crippen LogP contribution in [0.4, 0.5) is 0 Å². The molecule has 1 aromatic rings. The van der Waals surface area contributed by atoms with Crippen LogP contribution in [-0.4, -0.2) is 10.0 Å². The van der Waals surface area contributed by atoms with E-state index in [9.17, 15) is 15.2 Å². The van der Waals surface area contributed by atoms with Crippen LogP contribution in [0.3, 0.4) is 0 Å². The van der Waals surface area contributed by atoms with Crippen LogP contribution in [0.25, 0.3) is 5.76 Å². The van der Waals surface area contributed by atoms with Crippen LogP contribution in [0.2, 0.25) is 0 Å². The quantitative estimate of drug-likeness (QED) is 0.562. The predicted molar refractivity (Wildman–Crippen MR) is 52.8 cm³/mol. The lowest BCUT2D eigenvalue weighted by atomic mass is 10.1. The molecule has 5 nitrogen and oxygen atoms in total. The zero-order valence-corrected chi connectivity index (χ0v) is 7.64. The van der Waals surface area contributed by atoms with Gasteiger partial charge in [-0.25, -0.2) is 0 Å². The maximum atomic E-state index is 10.6.